The number of aromatic nitrogens is 3. The highest BCUT2D eigenvalue weighted by atomic mass is 32.2. The van der Waals surface area contributed by atoms with Crippen molar-refractivity contribution in [1.82, 2.24) is 20.5 Å². The zero-order chi connectivity index (χ0) is 12.5. The fourth-order valence-corrected chi connectivity index (χ4v) is 3.47. The van der Waals surface area contributed by atoms with Crippen molar-refractivity contribution >= 4 is 15.7 Å². The van der Waals surface area contributed by atoms with Crippen LogP contribution in [0.2, 0.25) is 0 Å². The van der Waals surface area contributed by atoms with Crippen molar-refractivity contribution in [2.45, 2.75) is 25.8 Å². The molecule has 7 nitrogen and oxygen atoms in total. The standard InChI is InChI=1S/C9H14N4O3S/c1-6-10-8(13-12-6)9(14)11-7-3-2-4-17(15,16)5-7/h7H,2-5H2,1H3,(H,11,14)(H,10,12,13). The van der Waals surface area contributed by atoms with Gasteiger partial charge in [-0.25, -0.2) is 13.4 Å². The first-order valence-corrected chi connectivity index (χ1v) is 7.19. The summed E-state index contributed by atoms with van der Waals surface area (Å²) in [4.78, 5) is 15.6. The van der Waals surface area contributed by atoms with E-state index >= 15 is 0 Å². The summed E-state index contributed by atoms with van der Waals surface area (Å²) in [6.45, 7) is 1.69. The summed E-state index contributed by atoms with van der Waals surface area (Å²) in [5.74, 6) is 0.370. The molecule has 94 valence electrons. The van der Waals surface area contributed by atoms with Crippen LogP contribution in [0.5, 0.6) is 0 Å². The first-order valence-electron chi connectivity index (χ1n) is 5.36. The highest BCUT2D eigenvalue weighted by molar-refractivity contribution is 7.91. The van der Waals surface area contributed by atoms with Crippen molar-refractivity contribution in [1.29, 1.82) is 0 Å². The van der Waals surface area contributed by atoms with Gasteiger partial charge < -0.3 is 5.32 Å². The van der Waals surface area contributed by atoms with Crippen LogP contribution < -0.4 is 5.32 Å². The minimum atomic E-state index is -3.02. The summed E-state index contributed by atoms with van der Waals surface area (Å²) in [6, 6.07) is -0.333. The lowest BCUT2D eigenvalue weighted by Gasteiger charge is -2.22. The molecule has 0 aliphatic carbocycles. The Morgan fingerprint density at radius 2 is 2.29 bits per heavy atom. The lowest BCUT2D eigenvalue weighted by atomic mass is 10.2. The number of carbonyl (C=O) groups is 1. The van der Waals surface area contributed by atoms with Gasteiger partial charge >= 0.3 is 0 Å². The van der Waals surface area contributed by atoms with E-state index in [9.17, 15) is 13.2 Å². The molecular weight excluding hydrogens is 244 g/mol. The molecule has 17 heavy (non-hydrogen) atoms. The summed E-state index contributed by atoms with van der Waals surface area (Å²) in [5.41, 5.74) is 0. The van der Waals surface area contributed by atoms with E-state index in [-0.39, 0.29) is 23.4 Å². The Balaban J connectivity index is 1.99. The Morgan fingerprint density at radius 3 is 2.88 bits per heavy atom. The Kier molecular flexibility index (Phi) is 3.14. The average Bonchev–Trinajstić information content (AvgIpc) is 2.63. The summed E-state index contributed by atoms with van der Waals surface area (Å²) in [6.07, 6.45) is 1.26. The predicted molar refractivity (Wildman–Crippen MR) is 60.3 cm³/mol. The number of aromatic amines is 1. The molecule has 0 radical (unpaired) electrons. The van der Waals surface area contributed by atoms with Crippen LogP contribution in [0.25, 0.3) is 0 Å². The van der Waals surface area contributed by atoms with Crippen molar-refractivity contribution in [3.63, 3.8) is 0 Å². The van der Waals surface area contributed by atoms with Gasteiger partial charge in [0.2, 0.25) is 5.82 Å². The lowest BCUT2D eigenvalue weighted by Crippen LogP contribution is -2.43. The second kappa shape index (κ2) is 4.44. The van der Waals surface area contributed by atoms with E-state index in [1.807, 2.05) is 0 Å². The molecule has 1 aromatic rings. The van der Waals surface area contributed by atoms with E-state index < -0.39 is 15.7 Å². The molecular formula is C9H14N4O3S. The second-order valence-corrected chi connectivity index (χ2v) is 6.40. The molecule has 1 saturated heterocycles. The van der Waals surface area contributed by atoms with Crippen LogP contribution in [-0.2, 0) is 9.84 Å². The Hall–Kier alpha value is -1.44. The van der Waals surface area contributed by atoms with E-state index in [0.29, 0.717) is 18.7 Å². The van der Waals surface area contributed by atoms with Gasteiger partial charge in [-0.3, -0.25) is 9.89 Å². The highest BCUT2D eigenvalue weighted by Crippen LogP contribution is 2.12. The number of nitrogens with one attached hydrogen (secondary N) is 2. The van der Waals surface area contributed by atoms with Gasteiger partial charge in [-0.15, -0.1) is 5.10 Å². The molecule has 1 atom stereocenters. The zero-order valence-electron chi connectivity index (χ0n) is 9.43. The number of sulfone groups is 1. The fraction of sp³-hybridized carbons (Fsp3) is 0.667. The third kappa shape index (κ3) is 3.02. The van der Waals surface area contributed by atoms with E-state index in [4.69, 9.17) is 0 Å². The number of amides is 1. The highest BCUT2D eigenvalue weighted by Gasteiger charge is 2.26. The number of aryl methyl sites for hydroxylation is 1. The van der Waals surface area contributed by atoms with Gasteiger partial charge in [-0.1, -0.05) is 0 Å². The van der Waals surface area contributed by atoms with Crippen LogP contribution >= 0.6 is 0 Å². The first kappa shape index (κ1) is 12.0. The minimum Gasteiger partial charge on any atom is -0.346 e. The zero-order valence-corrected chi connectivity index (χ0v) is 10.2. The van der Waals surface area contributed by atoms with E-state index in [1.54, 1.807) is 6.92 Å². The van der Waals surface area contributed by atoms with Gasteiger partial charge in [0.1, 0.15) is 5.82 Å². The van der Waals surface area contributed by atoms with Crippen LogP contribution in [0, 0.1) is 6.92 Å². The van der Waals surface area contributed by atoms with Gasteiger partial charge in [-0.2, -0.15) is 0 Å². The van der Waals surface area contributed by atoms with E-state index in [1.165, 1.54) is 0 Å². The average molecular weight is 258 g/mol. The Labute approximate surface area is 98.9 Å². The molecule has 2 heterocycles. The minimum absolute atomic E-state index is 0.00213. The summed E-state index contributed by atoms with van der Waals surface area (Å²) >= 11 is 0. The van der Waals surface area contributed by atoms with Crippen molar-refractivity contribution < 1.29 is 13.2 Å². The largest absolute Gasteiger partial charge is 0.346 e. The maximum absolute atomic E-state index is 11.7. The number of nitrogens with zero attached hydrogens (tertiary/aromatic N) is 2. The molecule has 0 bridgehead atoms. The van der Waals surface area contributed by atoms with Crippen molar-refractivity contribution in [2.24, 2.45) is 0 Å². The number of rotatable bonds is 2. The molecule has 1 aliphatic rings. The SMILES string of the molecule is Cc1nc(C(=O)NC2CCCS(=O)(=O)C2)n[nH]1. The van der Waals surface area contributed by atoms with Crippen molar-refractivity contribution in [3.05, 3.63) is 11.6 Å². The van der Waals surface area contributed by atoms with Gasteiger partial charge in [0.25, 0.3) is 5.91 Å². The van der Waals surface area contributed by atoms with Crippen LogP contribution in [0.4, 0.5) is 0 Å². The predicted octanol–water partition coefficient (Wildman–Crippen LogP) is -0.580. The molecule has 1 aromatic heterocycles. The van der Waals surface area contributed by atoms with Crippen LogP contribution in [0.15, 0.2) is 0 Å². The maximum Gasteiger partial charge on any atom is 0.291 e. The summed E-state index contributed by atoms with van der Waals surface area (Å²) in [5, 5.41) is 8.92. The molecule has 0 aromatic carbocycles. The van der Waals surface area contributed by atoms with E-state index in [2.05, 4.69) is 20.5 Å². The van der Waals surface area contributed by atoms with E-state index in [0.717, 1.165) is 0 Å². The number of H-pyrrole nitrogens is 1. The molecule has 8 heteroatoms. The second-order valence-electron chi connectivity index (χ2n) is 4.17. The lowest BCUT2D eigenvalue weighted by molar-refractivity contribution is 0.0928. The van der Waals surface area contributed by atoms with Crippen molar-refractivity contribution in [3.8, 4) is 0 Å². The van der Waals surface area contributed by atoms with Gasteiger partial charge in [0.15, 0.2) is 9.84 Å². The van der Waals surface area contributed by atoms with Crippen LogP contribution in [-0.4, -0.2) is 47.1 Å². The molecule has 0 saturated carbocycles. The normalized spacial score (nSPS) is 23.2. The number of hydrogen-bond donors (Lipinski definition) is 2. The molecule has 1 amide bonds. The molecule has 1 aliphatic heterocycles. The number of hydrogen-bond acceptors (Lipinski definition) is 5. The van der Waals surface area contributed by atoms with Crippen LogP contribution in [0.3, 0.4) is 0 Å². The fourth-order valence-electron chi connectivity index (χ4n) is 1.83. The van der Waals surface area contributed by atoms with Crippen molar-refractivity contribution in [2.75, 3.05) is 11.5 Å². The maximum atomic E-state index is 11.7. The summed E-state index contributed by atoms with van der Waals surface area (Å²) in [7, 11) is -3.02. The topological polar surface area (TPSA) is 105 Å². The third-order valence-electron chi connectivity index (χ3n) is 2.60. The Bertz CT molecular complexity index is 522. The molecule has 1 unspecified atom stereocenters. The summed E-state index contributed by atoms with van der Waals surface area (Å²) < 4.78 is 22.8. The third-order valence-corrected chi connectivity index (χ3v) is 4.42. The van der Waals surface area contributed by atoms with Crippen LogP contribution in [0.1, 0.15) is 29.3 Å². The molecule has 2 rings (SSSR count). The number of carbonyl (C=O) groups excluding carboxylic acids is 1. The molecule has 0 spiro atoms. The smallest absolute Gasteiger partial charge is 0.291 e. The van der Waals surface area contributed by atoms with Gasteiger partial charge in [0, 0.05) is 6.04 Å². The Morgan fingerprint density at radius 1 is 1.53 bits per heavy atom. The van der Waals surface area contributed by atoms with Gasteiger partial charge in [-0.05, 0) is 19.8 Å². The molecule has 1 fully saturated rings. The first-order chi connectivity index (χ1) is 7.96. The quantitative estimate of drug-likeness (QED) is 0.738. The van der Waals surface area contributed by atoms with Gasteiger partial charge in [0.05, 0.1) is 11.5 Å². The monoisotopic (exact) mass is 258 g/mol. The molecule has 2 N–H and O–H groups in total.